The largest absolute Gasteiger partial charge is 0.488 e. The van der Waals surface area contributed by atoms with Crippen LogP contribution in [-0.4, -0.2) is 11.1 Å². The van der Waals surface area contributed by atoms with Crippen LogP contribution in [0.1, 0.15) is 11.1 Å². The fourth-order valence-electron chi connectivity index (χ4n) is 2.75. The minimum atomic E-state index is -0.155. The molecular formula is C23H17IN2O2S. The number of amides is 1. The van der Waals surface area contributed by atoms with Gasteiger partial charge < -0.3 is 10.1 Å². The second-order valence-corrected chi connectivity index (χ2v) is 8.55. The van der Waals surface area contributed by atoms with Gasteiger partial charge in [0.25, 0.3) is 5.91 Å². The number of thioether (sulfide) groups is 1. The Hall–Kier alpha value is -2.58. The van der Waals surface area contributed by atoms with Gasteiger partial charge in [-0.25, -0.2) is 4.99 Å². The molecule has 6 heteroatoms. The van der Waals surface area contributed by atoms with Crippen molar-refractivity contribution < 1.29 is 9.53 Å². The van der Waals surface area contributed by atoms with Gasteiger partial charge in [0.15, 0.2) is 5.17 Å². The van der Waals surface area contributed by atoms with Gasteiger partial charge in [0.05, 0.1) is 10.6 Å². The maximum atomic E-state index is 12.4. The zero-order valence-corrected chi connectivity index (χ0v) is 18.3. The first kappa shape index (κ1) is 19.7. The first-order valence-electron chi connectivity index (χ1n) is 8.98. The van der Waals surface area contributed by atoms with Crippen molar-refractivity contribution in [3.05, 3.63) is 98.5 Å². The third kappa shape index (κ3) is 5.27. The van der Waals surface area contributed by atoms with Crippen LogP contribution >= 0.6 is 34.4 Å². The van der Waals surface area contributed by atoms with E-state index >= 15 is 0 Å². The van der Waals surface area contributed by atoms with E-state index in [0.29, 0.717) is 16.7 Å². The Morgan fingerprint density at radius 1 is 1.00 bits per heavy atom. The Labute approximate surface area is 187 Å². The summed E-state index contributed by atoms with van der Waals surface area (Å²) in [7, 11) is 0. The normalized spacial score (nSPS) is 16.2. The minimum absolute atomic E-state index is 0.155. The molecule has 1 amide bonds. The first-order chi connectivity index (χ1) is 14.2. The smallest absolute Gasteiger partial charge is 0.264 e. The average Bonchev–Trinajstić information content (AvgIpc) is 3.07. The number of carbonyl (C=O) groups is 1. The van der Waals surface area contributed by atoms with Crippen molar-refractivity contribution in [3.63, 3.8) is 0 Å². The molecule has 1 fully saturated rings. The zero-order valence-electron chi connectivity index (χ0n) is 15.3. The van der Waals surface area contributed by atoms with E-state index < -0.39 is 0 Å². The lowest BCUT2D eigenvalue weighted by Gasteiger charge is -2.09. The van der Waals surface area contributed by atoms with Crippen LogP contribution in [0.15, 0.2) is 88.8 Å². The molecule has 1 N–H and O–H groups in total. The predicted octanol–water partition coefficient (Wildman–Crippen LogP) is 5.76. The Kier molecular flexibility index (Phi) is 6.31. The summed E-state index contributed by atoms with van der Waals surface area (Å²) in [6.07, 6.45) is 1.84. The molecular weight excluding hydrogens is 495 g/mol. The Morgan fingerprint density at radius 3 is 2.62 bits per heavy atom. The zero-order chi connectivity index (χ0) is 20.1. The molecule has 0 atom stereocenters. The summed E-state index contributed by atoms with van der Waals surface area (Å²) in [5.74, 6) is 0.581. The van der Waals surface area contributed by atoms with Crippen LogP contribution in [0.2, 0.25) is 0 Å². The molecule has 0 spiro atoms. The summed E-state index contributed by atoms with van der Waals surface area (Å²) in [5, 5.41) is 3.41. The SMILES string of the molecule is O=C1NC(=Nc2cccc(I)c2)S/C1=C/c1ccccc1OCc1ccccc1. The van der Waals surface area contributed by atoms with E-state index in [-0.39, 0.29) is 5.91 Å². The third-order valence-corrected chi connectivity index (χ3v) is 5.71. The van der Waals surface area contributed by atoms with Gasteiger partial charge in [0.2, 0.25) is 0 Å². The van der Waals surface area contributed by atoms with E-state index in [1.807, 2.05) is 84.9 Å². The van der Waals surface area contributed by atoms with Crippen molar-refractivity contribution in [1.29, 1.82) is 0 Å². The molecule has 4 rings (SSSR count). The van der Waals surface area contributed by atoms with Crippen LogP contribution in [0.5, 0.6) is 5.75 Å². The minimum Gasteiger partial charge on any atom is -0.488 e. The number of rotatable bonds is 5. The van der Waals surface area contributed by atoms with Gasteiger partial charge in [0.1, 0.15) is 12.4 Å². The van der Waals surface area contributed by atoms with E-state index in [9.17, 15) is 4.79 Å². The molecule has 1 saturated heterocycles. The summed E-state index contributed by atoms with van der Waals surface area (Å²) in [5.41, 5.74) is 2.76. The standard InChI is InChI=1S/C23H17IN2O2S/c24-18-10-6-11-19(14-18)25-23-26-22(27)21(29-23)13-17-9-4-5-12-20(17)28-15-16-7-2-1-3-8-16/h1-14H,15H2,(H,25,26,27)/b21-13+. The molecule has 4 nitrogen and oxygen atoms in total. The molecule has 0 aromatic heterocycles. The summed E-state index contributed by atoms with van der Waals surface area (Å²) < 4.78 is 7.08. The number of ether oxygens (including phenoxy) is 1. The molecule has 29 heavy (non-hydrogen) atoms. The molecule has 1 aliphatic rings. The molecule has 1 heterocycles. The van der Waals surface area contributed by atoms with E-state index in [0.717, 1.165) is 26.1 Å². The van der Waals surface area contributed by atoms with Gasteiger partial charge in [0, 0.05) is 9.13 Å². The van der Waals surface area contributed by atoms with Crippen molar-refractivity contribution in [2.45, 2.75) is 6.61 Å². The van der Waals surface area contributed by atoms with E-state index in [2.05, 4.69) is 32.9 Å². The van der Waals surface area contributed by atoms with Crippen LogP contribution in [-0.2, 0) is 11.4 Å². The van der Waals surface area contributed by atoms with Crippen molar-refractivity contribution >= 4 is 57.2 Å². The summed E-state index contributed by atoms with van der Waals surface area (Å²) in [4.78, 5) is 17.5. The van der Waals surface area contributed by atoms with Crippen molar-refractivity contribution in [3.8, 4) is 5.75 Å². The number of amidine groups is 1. The van der Waals surface area contributed by atoms with Crippen LogP contribution in [0, 0.1) is 3.57 Å². The van der Waals surface area contributed by atoms with E-state index in [1.54, 1.807) is 0 Å². The van der Waals surface area contributed by atoms with Crippen LogP contribution in [0.4, 0.5) is 5.69 Å². The summed E-state index contributed by atoms with van der Waals surface area (Å²) in [6, 6.07) is 25.5. The Morgan fingerprint density at radius 2 is 1.79 bits per heavy atom. The number of carbonyl (C=O) groups excluding carboxylic acids is 1. The number of halogens is 1. The third-order valence-electron chi connectivity index (χ3n) is 4.13. The molecule has 144 valence electrons. The number of hydrogen-bond donors (Lipinski definition) is 1. The fourth-order valence-corrected chi connectivity index (χ4v) is 4.11. The first-order valence-corrected chi connectivity index (χ1v) is 10.9. The Balaban J connectivity index is 1.53. The van der Waals surface area contributed by atoms with E-state index in [4.69, 9.17) is 4.74 Å². The molecule has 0 bridgehead atoms. The number of hydrogen-bond acceptors (Lipinski definition) is 4. The lowest BCUT2D eigenvalue weighted by atomic mass is 10.2. The molecule has 0 radical (unpaired) electrons. The van der Waals surface area contributed by atoms with Crippen molar-refractivity contribution in [2.75, 3.05) is 0 Å². The van der Waals surface area contributed by atoms with Crippen LogP contribution < -0.4 is 10.1 Å². The number of nitrogens with zero attached hydrogens (tertiary/aromatic N) is 1. The molecule has 1 aliphatic heterocycles. The molecule has 3 aromatic carbocycles. The Bertz CT molecular complexity index is 1100. The molecule has 0 unspecified atom stereocenters. The van der Waals surface area contributed by atoms with Crippen molar-refractivity contribution in [1.82, 2.24) is 5.32 Å². The van der Waals surface area contributed by atoms with Gasteiger partial charge in [-0.15, -0.1) is 0 Å². The lowest BCUT2D eigenvalue weighted by Crippen LogP contribution is -2.19. The number of para-hydroxylation sites is 1. The van der Waals surface area contributed by atoms with Crippen LogP contribution in [0.3, 0.4) is 0 Å². The summed E-state index contributed by atoms with van der Waals surface area (Å²) in [6.45, 7) is 0.472. The lowest BCUT2D eigenvalue weighted by molar-refractivity contribution is -0.115. The van der Waals surface area contributed by atoms with Gasteiger partial charge >= 0.3 is 0 Å². The van der Waals surface area contributed by atoms with Crippen molar-refractivity contribution in [2.24, 2.45) is 4.99 Å². The van der Waals surface area contributed by atoms with Gasteiger partial charge in [-0.3, -0.25) is 4.79 Å². The highest BCUT2D eigenvalue weighted by molar-refractivity contribution is 14.1. The maximum absolute atomic E-state index is 12.4. The quantitative estimate of drug-likeness (QED) is 0.349. The second kappa shape index (κ2) is 9.28. The fraction of sp³-hybridized carbons (Fsp3) is 0.0435. The topological polar surface area (TPSA) is 50.7 Å². The average molecular weight is 512 g/mol. The number of aliphatic imine (C=N–C) groups is 1. The monoisotopic (exact) mass is 512 g/mol. The second-order valence-electron chi connectivity index (χ2n) is 6.27. The van der Waals surface area contributed by atoms with Gasteiger partial charge in [-0.05, 0) is 70.3 Å². The van der Waals surface area contributed by atoms with Gasteiger partial charge in [-0.1, -0.05) is 54.6 Å². The van der Waals surface area contributed by atoms with Gasteiger partial charge in [-0.2, -0.15) is 0 Å². The molecule has 0 saturated carbocycles. The number of benzene rings is 3. The highest BCUT2D eigenvalue weighted by Gasteiger charge is 2.24. The predicted molar refractivity (Wildman–Crippen MR) is 127 cm³/mol. The maximum Gasteiger partial charge on any atom is 0.264 e. The molecule has 3 aromatic rings. The van der Waals surface area contributed by atoms with E-state index in [1.165, 1.54) is 11.8 Å². The number of nitrogens with one attached hydrogen (secondary N) is 1. The highest BCUT2D eigenvalue weighted by atomic mass is 127. The highest BCUT2D eigenvalue weighted by Crippen LogP contribution is 2.31. The molecule has 0 aliphatic carbocycles. The summed E-state index contributed by atoms with van der Waals surface area (Å²) >= 11 is 3.57. The van der Waals surface area contributed by atoms with Crippen LogP contribution in [0.25, 0.3) is 6.08 Å².